The van der Waals surface area contributed by atoms with E-state index in [0.717, 1.165) is 5.56 Å². The summed E-state index contributed by atoms with van der Waals surface area (Å²) in [6.07, 6.45) is -1.33. The van der Waals surface area contributed by atoms with Gasteiger partial charge < -0.3 is 19.5 Å². The molecule has 1 unspecified atom stereocenters. The smallest absolute Gasteiger partial charge is 0.339 e. The number of aliphatic hydroxyl groups excluding tert-OH is 1. The van der Waals surface area contributed by atoms with Gasteiger partial charge in [0.25, 0.3) is 0 Å². The third kappa shape index (κ3) is 3.21. The zero-order valence-corrected chi connectivity index (χ0v) is 11.1. The summed E-state index contributed by atoms with van der Waals surface area (Å²) >= 11 is 0. The number of para-hydroxylation sites is 1. The minimum Gasteiger partial charge on any atom is -0.496 e. The summed E-state index contributed by atoms with van der Waals surface area (Å²) in [5.74, 6) is -0.181. The molecule has 0 saturated carbocycles. The van der Waals surface area contributed by atoms with Crippen LogP contribution in [0.15, 0.2) is 18.2 Å². The summed E-state index contributed by atoms with van der Waals surface area (Å²) in [6, 6.07) is 5.33. The molecule has 0 aliphatic carbocycles. The maximum absolute atomic E-state index is 11.4. The molecular formula is C13H19NO4. The van der Waals surface area contributed by atoms with Gasteiger partial charge >= 0.3 is 5.97 Å². The second kappa shape index (κ2) is 6.37. The largest absolute Gasteiger partial charge is 0.496 e. The Balaban J connectivity index is 3.15. The fourth-order valence-electron chi connectivity index (χ4n) is 1.77. The predicted octanol–water partition coefficient (Wildman–Crippen LogP) is 0.963. The molecule has 0 aliphatic rings. The van der Waals surface area contributed by atoms with Gasteiger partial charge in [0.2, 0.25) is 0 Å². The fourth-order valence-corrected chi connectivity index (χ4v) is 1.77. The Morgan fingerprint density at radius 1 is 1.39 bits per heavy atom. The number of ether oxygens (including phenoxy) is 2. The maximum atomic E-state index is 11.4. The molecule has 5 nitrogen and oxygen atoms in total. The average Bonchev–Trinajstić information content (AvgIpc) is 2.35. The zero-order valence-electron chi connectivity index (χ0n) is 11.1. The van der Waals surface area contributed by atoms with E-state index in [0.29, 0.717) is 17.9 Å². The molecule has 1 aromatic carbocycles. The number of carbonyl (C=O) groups excluding carboxylic acids is 1. The number of aliphatic hydroxyl groups is 1. The van der Waals surface area contributed by atoms with Gasteiger partial charge in [0, 0.05) is 17.7 Å². The van der Waals surface area contributed by atoms with Crippen molar-refractivity contribution >= 4 is 5.97 Å². The second-order valence-electron chi connectivity index (χ2n) is 4.20. The lowest BCUT2D eigenvalue weighted by Gasteiger charge is -2.18. The summed E-state index contributed by atoms with van der Waals surface area (Å²) in [4.78, 5) is 13.4. The summed E-state index contributed by atoms with van der Waals surface area (Å²) < 4.78 is 9.83. The van der Waals surface area contributed by atoms with Crippen LogP contribution < -0.4 is 4.74 Å². The molecule has 0 heterocycles. The maximum Gasteiger partial charge on any atom is 0.339 e. The van der Waals surface area contributed by atoms with Crippen molar-refractivity contribution in [2.24, 2.45) is 0 Å². The minimum absolute atomic E-state index is 0.420. The molecule has 1 rings (SSSR count). The molecule has 0 aromatic heterocycles. The topological polar surface area (TPSA) is 59.0 Å². The van der Waals surface area contributed by atoms with Crippen molar-refractivity contribution in [1.29, 1.82) is 0 Å². The van der Waals surface area contributed by atoms with Crippen molar-refractivity contribution in [2.75, 3.05) is 28.3 Å². The van der Waals surface area contributed by atoms with Gasteiger partial charge in [-0.25, -0.2) is 4.79 Å². The van der Waals surface area contributed by atoms with E-state index in [1.54, 1.807) is 12.1 Å². The summed E-state index contributed by atoms with van der Waals surface area (Å²) in [5, 5.41) is 9.89. The summed E-state index contributed by atoms with van der Waals surface area (Å²) in [7, 11) is 6.62. The molecule has 18 heavy (non-hydrogen) atoms. The first-order chi connectivity index (χ1) is 8.51. The third-order valence-corrected chi connectivity index (χ3v) is 2.54. The normalized spacial score (nSPS) is 12.3. The molecule has 0 spiro atoms. The van der Waals surface area contributed by atoms with Crippen LogP contribution in [0.1, 0.15) is 17.2 Å². The zero-order chi connectivity index (χ0) is 13.7. The van der Waals surface area contributed by atoms with Crippen LogP contribution in [0.25, 0.3) is 0 Å². The summed E-state index contributed by atoms with van der Waals surface area (Å²) in [6.45, 7) is 0.658. The molecule has 0 fully saturated rings. The SMILES string of the molecule is COC(=O)C(O)c1cccc(CN(C)C)c1OC. The Hall–Kier alpha value is -1.59. The lowest BCUT2D eigenvalue weighted by molar-refractivity contribution is -0.150. The molecule has 100 valence electrons. The first-order valence-corrected chi connectivity index (χ1v) is 5.57. The lowest BCUT2D eigenvalue weighted by atomic mass is 10.0. The van der Waals surface area contributed by atoms with Gasteiger partial charge in [0.15, 0.2) is 6.10 Å². The number of nitrogens with zero attached hydrogens (tertiary/aromatic N) is 1. The van der Waals surface area contributed by atoms with Crippen LogP contribution >= 0.6 is 0 Å². The molecule has 1 aromatic rings. The van der Waals surface area contributed by atoms with Gasteiger partial charge in [-0.1, -0.05) is 18.2 Å². The van der Waals surface area contributed by atoms with Crippen LogP contribution in [-0.2, 0) is 16.1 Å². The van der Waals surface area contributed by atoms with Gasteiger partial charge in [-0.05, 0) is 14.1 Å². The van der Waals surface area contributed by atoms with Gasteiger partial charge in [0.05, 0.1) is 14.2 Å². The monoisotopic (exact) mass is 253 g/mol. The van der Waals surface area contributed by atoms with Crippen molar-refractivity contribution < 1.29 is 19.4 Å². The highest BCUT2D eigenvalue weighted by Crippen LogP contribution is 2.30. The van der Waals surface area contributed by atoms with Crippen LogP contribution in [0, 0.1) is 0 Å². The van der Waals surface area contributed by atoms with Crippen LogP contribution in [0.4, 0.5) is 0 Å². The van der Waals surface area contributed by atoms with Crippen molar-refractivity contribution in [1.82, 2.24) is 4.90 Å². The first-order valence-electron chi connectivity index (χ1n) is 5.57. The Morgan fingerprint density at radius 3 is 2.56 bits per heavy atom. The van der Waals surface area contributed by atoms with Gasteiger partial charge in [-0.15, -0.1) is 0 Å². The average molecular weight is 253 g/mol. The van der Waals surface area contributed by atoms with Crippen molar-refractivity contribution in [2.45, 2.75) is 12.6 Å². The molecule has 0 aliphatic heterocycles. The van der Waals surface area contributed by atoms with E-state index in [1.807, 2.05) is 25.1 Å². The fraction of sp³-hybridized carbons (Fsp3) is 0.462. The number of hydrogen-bond acceptors (Lipinski definition) is 5. The van der Waals surface area contributed by atoms with Gasteiger partial charge in [0.1, 0.15) is 5.75 Å². The Labute approximate surface area is 107 Å². The molecule has 5 heteroatoms. The van der Waals surface area contributed by atoms with E-state index in [2.05, 4.69) is 4.74 Å². The second-order valence-corrected chi connectivity index (χ2v) is 4.20. The predicted molar refractivity (Wildman–Crippen MR) is 67.4 cm³/mol. The van der Waals surface area contributed by atoms with E-state index in [-0.39, 0.29) is 0 Å². The Kier molecular flexibility index (Phi) is 5.12. The lowest BCUT2D eigenvalue weighted by Crippen LogP contribution is -2.16. The third-order valence-electron chi connectivity index (χ3n) is 2.54. The van der Waals surface area contributed by atoms with Crippen LogP contribution in [-0.4, -0.2) is 44.3 Å². The quantitative estimate of drug-likeness (QED) is 0.792. The van der Waals surface area contributed by atoms with E-state index in [4.69, 9.17) is 4.74 Å². The number of rotatable bonds is 5. The Morgan fingerprint density at radius 2 is 2.06 bits per heavy atom. The van der Waals surface area contributed by atoms with Gasteiger partial charge in [-0.2, -0.15) is 0 Å². The highest BCUT2D eigenvalue weighted by molar-refractivity contribution is 5.77. The van der Waals surface area contributed by atoms with E-state index < -0.39 is 12.1 Å². The molecule has 0 saturated heterocycles. The molecule has 0 radical (unpaired) electrons. The van der Waals surface area contributed by atoms with E-state index >= 15 is 0 Å². The molecular weight excluding hydrogens is 234 g/mol. The summed E-state index contributed by atoms with van der Waals surface area (Å²) in [5.41, 5.74) is 1.33. The first kappa shape index (κ1) is 14.5. The van der Waals surface area contributed by atoms with Crippen molar-refractivity contribution in [3.05, 3.63) is 29.3 Å². The molecule has 1 N–H and O–H groups in total. The van der Waals surface area contributed by atoms with Crippen molar-refractivity contribution in [3.8, 4) is 5.75 Å². The van der Waals surface area contributed by atoms with E-state index in [1.165, 1.54) is 14.2 Å². The van der Waals surface area contributed by atoms with E-state index in [9.17, 15) is 9.90 Å². The highest BCUT2D eigenvalue weighted by atomic mass is 16.5. The van der Waals surface area contributed by atoms with Crippen LogP contribution in [0.3, 0.4) is 0 Å². The number of esters is 1. The Bertz CT molecular complexity index is 417. The van der Waals surface area contributed by atoms with Crippen LogP contribution in [0.2, 0.25) is 0 Å². The standard InChI is InChI=1S/C13H19NO4/c1-14(2)8-9-6-5-7-10(12(9)17-3)11(15)13(16)18-4/h5-7,11,15H,8H2,1-4H3. The molecule has 1 atom stereocenters. The highest BCUT2D eigenvalue weighted by Gasteiger charge is 2.23. The number of hydrogen-bond donors (Lipinski definition) is 1. The molecule has 0 bridgehead atoms. The van der Waals surface area contributed by atoms with Gasteiger partial charge in [-0.3, -0.25) is 0 Å². The number of carbonyl (C=O) groups is 1. The molecule has 0 amide bonds. The van der Waals surface area contributed by atoms with Crippen LogP contribution in [0.5, 0.6) is 5.75 Å². The number of benzene rings is 1. The number of methoxy groups -OCH3 is 2. The van der Waals surface area contributed by atoms with Crippen molar-refractivity contribution in [3.63, 3.8) is 0 Å². The minimum atomic E-state index is -1.33.